The minimum atomic E-state index is -0.528. The highest BCUT2D eigenvalue weighted by Crippen LogP contribution is 2.19. The van der Waals surface area contributed by atoms with E-state index in [0.717, 1.165) is 15.8 Å². The highest BCUT2D eigenvalue weighted by molar-refractivity contribution is 7.16. The van der Waals surface area contributed by atoms with Gasteiger partial charge >= 0.3 is 5.97 Å². The van der Waals surface area contributed by atoms with Crippen molar-refractivity contribution >= 4 is 39.1 Å². The molecule has 5 nitrogen and oxygen atoms in total. The van der Waals surface area contributed by atoms with Crippen LogP contribution in [-0.4, -0.2) is 23.5 Å². The molecule has 0 radical (unpaired) electrons. The summed E-state index contributed by atoms with van der Waals surface area (Å²) in [5, 5.41) is 2.69. The Bertz CT molecular complexity index is 873. The average molecular weight is 326 g/mol. The van der Waals surface area contributed by atoms with Gasteiger partial charge in [-0.3, -0.25) is 4.79 Å². The molecule has 6 heteroatoms. The van der Waals surface area contributed by atoms with Crippen molar-refractivity contribution in [3.05, 3.63) is 59.1 Å². The molecular formula is C17H14N2O3S. The number of hydrogen-bond donors (Lipinski definition) is 1. The van der Waals surface area contributed by atoms with Crippen molar-refractivity contribution in [3.63, 3.8) is 0 Å². The van der Waals surface area contributed by atoms with Crippen LogP contribution in [0.2, 0.25) is 0 Å². The molecule has 0 unspecified atom stereocenters. The lowest BCUT2D eigenvalue weighted by molar-refractivity contribution is -0.119. The number of amides is 1. The largest absolute Gasteiger partial charge is 0.452 e. The molecule has 0 aliphatic rings. The Morgan fingerprint density at radius 3 is 2.91 bits per heavy atom. The van der Waals surface area contributed by atoms with E-state index in [2.05, 4.69) is 10.3 Å². The van der Waals surface area contributed by atoms with E-state index in [1.54, 1.807) is 29.8 Å². The molecular weight excluding hydrogens is 312 g/mol. The number of anilines is 1. The summed E-state index contributed by atoms with van der Waals surface area (Å²) in [4.78, 5) is 28.0. The van der Waals surface area contributed by atoms with Crippen LogP contribution in [0.15, 0.2) is 48.0 Å². The van der Waals surface area contributed by atoms with Gasteiger partial charge in [-0.15, -0.1) is 11.3 Å². The van der Waals surface area contributed by atoms with Crippen molar-refractivity contribution in [2.75, 3.05) is 11.9 Å². The number of hydrogen-bond acceptors (Lipinski definition) is 5. The van der Waals surface area contributed by atoms with Crippen LogP contribution in [0.5, 0.6) is 0 Å². The molecule has 0 spiro atoms. The number of nitrogens with zero attached hydrogens (tertiary/aromatic N) is 1. The van der Waals surface area contributed by atoms with Gasteiger partial charge in [-0.25, -0.2) is 9.78 Å². The zero-order chi connectivity index (χ0) is 16.2. The van der Waals surface area contributed by atoms with E-state index in [1.807, 2.05) is 25.1 Å². The van der Waals surface area contributed by atoms with Gasteiger partial charge in [-0.1, -0.05) is 12.1 Å². The molecule has 0 saturated heterocycles. The molecule has 0 atom stereocenters. The lowest BCUT2D eigenvalue weighted by atomic mass is 10.2. The number of esters is 1. The molecule has 116 valence electrons. The van der Waals surface area contributed by atoms with Gasteiger partial charge in [0.25, 0.3) is 5.91 Å². The third-order valence-corrected chi connectivity index (χ3v) is 3.99. The van der Waals surface area contributed by atoms with E-state index >= 15 is 0 Å². The summed E-state index contributed by atoms with van der Waals surface area (Å²) in [6, 6.07) is 12.5. The summed E-state index contributed by atoms with van der Waals surface area (Å²) in [5.74, 6) is -0.900. The average Bonchev–Trinajstić information content (AvgIpc) is 3.00. The molecule has 1 amide bonds. The maximum absolute atomic E-state index is 12.0. The second-order valence-electron chi connectivity index (χ2n) is 5.03. The number of rotatable bonds is 4. The lowest BCUT2D eigenvalue weighted by Crippen LogP contribution is -2.20. The monoisotopic (exact) mass is 326 g/mol. The zero-order valence-electron chi connectivity index (χ0n) is 12.4. The Balaban J connectivity index is 1.58. The van der Waals surface area contributed by atoms with Crippen LogP contribution in [0.3, 0.4) is 0 Å². The SMILES string of the molecule is Cc1cccc(NC(=O)COC(=O)c2ccc3ncsc3c2)c1. The van der Waals surface area contributed by atoms with E-state index in [9.17, 15) is 9.59 Å². The first-order chi connectivity index (χ1) is 11.1. The fourth-order valence-corrected chi connectivity index (χ4v) is 2.83. The predicted octanol–water partition coefficient (Wildman–Crippen LogP) is 3.40. The Hall–Kier alpha value is -2.73. The predicted molar refractivity (Wildman–Crippen MR) is 89.7 cm³/mol. The number of ether oxygens (including phenoxy) is 1. The van der Waals surface area contributed by atoms with Crippen LogP contribution in [0.4, 0.5) is 5.69 Å². The Morgan fingerprint density at radius 1 is 1.22 bits per heavy atom. The Kier molecular flexibility index (Phi) is 4.34. The van der Waals surface area contributed by atoms with Crippen LogP contribution < -0.4 is 5.32 Å². The standard InChI is InChI=1S/C17H14N2O3S/c1-11-3-2-4-13(7-11)19-16(20)9-22-17(21)12-5-6-14-15(8-12)23-10-18-14/h2-8,10H,9H2,1H3,(H,19,20). The first-order valence-electron chi connectivity index (χ1n) is 6.99. The number of nitrogens with one attached hydrogen (secondary N) is 1. The molecule has 2 aromatic carbocycles. The summed E-state index contributed by atoms with van der Waals surface area (Å²) in [6.07, 6.45) is 0. The van der Waals surface area contributed by atoms with Gasteiger partial charge in [0.15, 0.2) is 6.61 Å². The fraction of sp³-hybridized carbons (Fsp3) is 0.118. The van der Waals surface area contributed by atoms with E-state index in [0.29, 0.717) is 11.3 Å². The maximum atomic E-state index is 12.0. The smallest absolute Gasteiger partial charge is 0.338 e. The first kappa shape index (κ1) is 15.2. The molecule has 1 N–H and O–H groups in total. The van der Waals surface area contributed by atoms with Crippen molar-refractivity contribution in [2.24, 2.45) is 0 Å². The van der Waals surface area contributed by atoms with Gasteiger partial charge in [0.1, 0.15) is 0 Å². The summed E-state index contributed by atoms with van der Waals surface area (Å²) in [5.41, 5.74) is 4.68. The summed E-state index contributed by atoms with van der Waals surface area (Å²) >= 11 is 1.45. The molecule has 1 aromatic heterocycles. The molecule has 23 heavy (non-hydrogen) atoms. The Morgan fingerprint density at radius 2 is 2.09 bits per heavy atom. The van der Waals surface area contributed by atoms with Gasteiger partial charge in [0.05, 0.1) is 21.3 Å². The van der Waals surface area contributed by atoms with E-state index in [1.165, 1.54) is 11.3 Å². The van der Waals surface area contributed by atoms with Crippen LogP contribution in [0.25, 0.3) is 10.2 Å². The quantitative estimate of drug-likeness (QED) is 0.746. The number of carbonyl (C=O) groups is 2. The molecule has 0 aliphatic carbocycles. The van der Waals surface area contributed by atoms with Gasteiger partial charge in [0, 0.05) is 5.69 Å². The lowest BCUT2D eigenvalue weighted by Gasteiger charge is -2.07. The van der Waals surface area contributed by atoms with Crippen LogP contribution in [0, 0.1) is 6.92 Å². The van der Waals surface area contributed by atoms with Crippen LogP contribution in [-0.2, 0) is 9.53 Å². The van der Waals surface area contributed by atoms with Crippen molar-refractivity contribution < 1.29 is 14.3 Å². The summed E-state index contributed by atoms with van der Waals surface area (Å²) in [6.45, 7) is 1.61. The molecule has 0 saturated carbocycles. The first-order valence-corrected chi connectivity index (χ1v) is 7.87. The van der Waals surface area contributed by atoms with Crippen molar-refractivity contribution in [2.45, 2.75) is 6.92 Å². The highest BCUT2D eigenvalue weighted by atomic mass is 32.1. The minimum absolute atomic E-state index is 0.326. The molecule has 0 fully saturated rings. The molecule has 0 aliphatic heterocycles. The van der Waals surface area contributed by atoms with Crippen molar-refractivity contribution in [1.29, 1.82) is 0 Å². The van der Waals surface area contributed by atoms with Gasteiger partial charge in [-0.2, -0.15) is 0 Å². The topological polar surface area (TPSA) is 68.3 Å². The van der Waals surface area contributed by atoms with E-state index in [4.69, 9.17) is 4.74 Å². The molecule has 0 bridgehead atoms. The van der Waals surface area contributed by atoms with Crippen molar-refractivity contribution in [1.82, 2.24) is 4.98 Å². The number of fused-ring (bicyclic) bond motifs is 1. The van der Waals surface area contributed by atoms with Crippen LogP contribution in [0.1, 0.15) is 15.9 Å². The minimum Gasteiger partial charge on any atom is -0.452 e. The third kappa shape index (κ3) is 3.73. The molecule has 3 rings (SSSR count). The third-order valence-electron chi connectivity index (χ3n) is 3.20. The zero-order valence-corrected chi connectivity index (χ0v) is 13.2. The number of benzene rings is 2. The van der Waals surface area contributed by atoms with E-state index < -0.39 is 5.97 Å². The van der Waals surface area contributed by atoms with Crippen molar-refractivity contribution in [3.8, 4) is 0 Å². The molecule has 3 aromatic rings. The number of thiazole rings is 1. The van der Waals surface area contributed by atoms with E-state index in [-0.39, 0.29) is 12.5 Å². The number of carbonyl (C=O) groups excluding carboxylic acids is 2. The summed E-state index contributed by atoms with van der Waals surface area (Å²) in [7, 11) is 0. The normalized spacial score (nSPS) is 10.5. The number of aryl methyl sites for hydroxylation is 1. The van der Waals surface area contributed by atoms with Gasteiger partial charge < -0.3 is 10.1 Å². The van der Waals surface area contributed by atoms with Gasteiger partial charge in [0.2, 0.25) is 0 Å². The van der Waals surface area contributed by atoms with Crippen LogP contribution >= 0.6 is 11.3 Å². The number of aromatic nitrogens is 1. The Labute approximate surface area is 136 Å². The summed E-state index contributed by atoms with van der Waals surface area (Å²) < 4.78 is 5.96. The highest BCUT2D eigenvalue weighted by Gasteiger charge is 2.11. The maximum Gasteiger partial charge on any atom is 0.338 e. The second-order valence-corrected chi connectivity index (χ2v) is 5.91. The van der Waals surface area contributed by atoms with Gasteiger partial charge in [-0.05, 0) is 42.8 Å². The fourth-order valence-electron chi connectivity index (χ4n) is 2.12. The molecule has 1 heterocycles. The second kappa shape index (κ2) is 6.58.